The predicted octanol–water partition coefficient (Wildman–Crippen LogP) is 2.62. The number of anilines is 1. The lowest BCUT2D eigenvalue weighted by atomic mass is 9.90. The van der Waals surface area contributed by atoms with Crippen molar-refractivity contribution in [3.63, 3.8) is 0 Å². The fourth-order valence-electron chi connectivity index (χ4n) is 2.44. The van der Waals surface area contributed by atoms with Crippen molar-refractivity contribution in [2.24, 2.45) is 5.41 Å². The van der Waals surface area contributed by atoms with E-state index < -0.39 is 11.4 Å². The molecular formula is C14H15N3O3S. The van der Waals surface area contributed by atoms with E-state index in [1.807, 2.05) is 12.1 Å². The van der Waals surface area contributed by atoms with Crippen molar-refractivity contribution in [2.75, 3.05) is 18.4 Å². The summed E-state index contributed by atoms with van der Waals surface area (Å²) in [6, 6.07) is 5.26. The molecule has 1 atom stereocenters. The number of rotatable bonds is 2. The summed E-state index contributed by atoms with van der Waals surface area (Å²) in [4.78, 5) is 29.1. The van der Waals surface area contributed by atoms with Gasteiger partial charge in [-0.15, -0.1) is 11.3 Å². The van der Waals surface area contributed by atoms with Gasteiger partial charge in [-0.3, -0.25) is 4.79 Å². The van der Waals surface area contributed by atoms with Crippen molar-refractivity contribution < 1.29 is 14.7 Å². The number of amides is 2. The Bertz CT molecular complexity index is 714. The highest BCUT2D eigenvalue weighted by Crippen LogP contribution is 2.30. The Labute approximate surface area is 125 Å². The zero-order valence-corrected chi connectivity index (χ0v) is 12.3. The predicted molar refractivity (Wildman–Crippen MR) is 80.6 cm³/mol. The number of urea groups is 1. The van der Waals surface area contributed by atoms with Crippen molar-refractivity contribution in [1.29, 1.82) is 0 Å². The fraction of sp³-hybridized carbons (Fsp3) is 0.357. The van der Waals surface area contributed by atoms with Crippen LogP contribution in [0.5, 0.6) is 0 Å². The number of carbonyl (C=O) groups is 2. The first-order chi connectivity index (χ1) is 9.98. The summed E-state index contributed by atoms with van der Waals surface area (Å²) in [6.07, 6.45) is 0.476. The van der Waals surface area contributed by atoms with Crippen LogP contribution >= 0.6 is 11.3 Å². The molecule has 2 amide bonds. The number of nitrogens with zero attached hydrogens (tertiary/aromatic N) is 2. The molecule has 3 rings (SSSR count). The molecule has 0 radical (unpaired) electrons. The summed E-state index contributed by atoms with van der Waals surface area (Å²) in [5.41, 5.74) is 2.51. The van der Waals surface area contributed by atoms with Crippen LogP contribution in [0.3, 0.4) is 0 Å². The lowest BCUT2D eigenvalue weighted by Gasteiger charge is -2.20. The van der Waals surface area contributed by atoms with Crippen molar-refractivity contribution in [3.8, 4) is 0 Å². The lowest BCUT2D eigenvalue weighted by Crippen LogP contribution is -2.37. The SMILES string of the molecule is CC1(C(=O)O)CCN(C(=O)Nc2ccc3ncsc3c2)C1. The number of carboxylic acids is 1. The molecule has 2 heterocycles. The van der Waals surface area contributed by atoms with Crippen molar-refractivity contribution >= 4 is 39.2 Å². The van der Waals surface area contributed by atoms with E-state index in [1.54, 1.807) is 23.4 Å². The summed E-state index contributed by atoms with van der Waals surface area (Å²) in [5, 5.41) is 12.0. The number of aliphatic carboxylic acids is 1. The van der Waals surface area contributed by atoms with Gasteiger partial charge in [0.05, 0.1) is 21.1 Å². The van der Waals surface area contributed by atoms with Gasteiger partial charge >= 0.3 is 12.0 Å². The van der Waals surface area contributed by atoms with Crippen LogP contribution in [-0.4, -0.2) is 40.1 Å². The molecule has 6 nitrogen and oxygen atoms in total. The summed E-state index contributed by atoms with van der Waals surface area (Å²) in [5.74, 6) is -0.858. The van der Waals surface area contributed by atoms with Gasteiger partial charge in [-0.1, -0.05) is 0 Å². The minimum Gasteiger partial charge on any atom is -0.481 e. The molecule has 1 fully saturated rings. The smallest absolute Gasteiger partial charge is 0.321 e. The van der Waals surface area contributed by atoms with Crippen molar-refractivity contribution in [2.45, 2.75) is 13.3 Å². The van der Waals surface area contributed by atoms with Gasteiger partial charge < -0.3 is 15.3 Å². The first-order valence-electron chi connectivity index (χ1n) is 6.60. The highest BCUT2D eigenvalue weighted by atomic mass is 32.1. The molecular weight excluding hydrogens is 290 g/mol. The Balaban J connectivity index is 1.70. The van der Waals surface area contributed by atoms with Gasteiger partial charge in [0.25, 0.3) is 0 Å². The van der Waals surface area contributed by atoms with Crippen LogP contribution in [0.15, 0.2) is 23.7 Å². The standard InChI is InChI=1S/C14H15N3O3S/c1-14(12(18)19)4-5-17(7-14)13(20)16-9-2-3-10-11(6-9)21-8-15-10/h2-3,6,8H,4-5,7H2,1H3,(H,16,20)(H,18,19). The van der Waals surface area contributed by atoms with Crippen LogP contribution in [0.1, 0.15) is 13.3 Å². The Morgan fingerprint density at radius 2 is 2.29 bits per heavy atom. The van der Waals surface area contributed by atoms with Gasteiger partial charge in [0.2, 0.25) is 0 Å². The first kappa shape index (κ1) is 13.8. The second kappa shape index (κ2) is 5.00. The Morgan fingerprint density at radius 3 is 3.00 bits per heavy atom. The van der Waals surface area contributed by atoms with E-state index in [-0.39, 0.29) is 12.6 Å². The molecule has 0 bridgehead atoms. The minimum atomic E-state index is -0.858. The number of fused-ring (bicyclic) bond motifs is 1. The van der Waals surface area contributed by atoms with Gasteiger partial charge in [-0.25, -0.2) is 9.78 Å². The van der Waals surface area contributed by atoms with Gasteiger partial charge in [-0.05, 0) is 31.5 Å². The maximum atomic E-state index is 12.2. The third kappa shape index (κ3) is 2.56. The Kier molecular flexibility index (Phi) is 3.29. The monoisotopic (exact) mass is 305 g/mol. The van der Waals surface area contributed by atoms with Crippen LogP contribution in [-0.2, 0) is 4.79 Å². The number of aromatic nitrogens is 1. The largest absolute Gasteiger partial charge is 0.481 e. The van der Waals surface area contributed by atoms with E-state index in [4.69, 9.17) is 0 Å². The van der Waals surface area contributed by atoms with Gasteiger partial charge in [-0.2, -0.15) is 0 Å². The number of nitrogens with one attached hydrogen (secondary N) is 1. The topological polar surface area (TPSA) is 82.5 Å². The maximum Gasteiger partial charge on any atom is 0.321 e. The Morgan fingerprint density at radius 1 is 1.48 bits per heavy atom. The molecule has 110 valence electrons. The molecule has 1 aliphatic rings. The summed E-state index contributed by atoms with van der Waals surface area (Å²) < 4.78 is 1.00. The number of benzene rings is 1. The van der Waals surface area contributed by atoms with E-state index >= 15 is 0 Å². The van der Waals surface area contributed by atoms with Crippen molar-refractivity contribution in [1.82, 2.24) is 9.88 Å². The van der Waals surface area contributed by atoms with Gasteiger partial charge in [0, 0.05) is 18.8 Å². The number of thiazole rings is 1. The molecule has 0 spiro atoms. The summed E-state index contributed by atoms with van der Waals surface area (Å²) >= 11 is 1.51. The highest BCUT2D eigenvalue weighted by Gasteiger charge is 2.42. The molecule has 2 aromatic rings. The van der Waals surface area contributed by atoms with Crippen LogP contribution in [0.25, 0.3) is 10.2 Å². The van der Waals surface area contributed by atoms with E-state index in [9.17, 15) is 14.7 Å². The number of hydrogen-bond donors (Lipinski definition) is 2. The second-order valence-corrected chi connectivity index (χ2v) is 6.39. The average Bonchev–Trinajstić information content (AvgIpc) is 3.05. The number of likely N-dealkylation sites (tertiary alicyclic amines) is 1. The molecule has 1 unspecified atom stereocenters. The highest BCUT2D eigenvalue weighted by molar-refractivity contribution is 7.16. The van der Waals surface area contributed by atoms with Gasteiger partial charge in [0.15, 0.2) is 0 Å². The van der Waals surface area contributed by atoms with Crippen LogP contribution in [0.2, 0.25) is 0 Å². The van der Waals surface area contributed by atoms with E-state index in [0.717, 1.165) is 10.2 Å². The number of carbonyl (C=O) groups excluding carboxylic acids is 1. The lowest BCUT2D eigenvalue weighted by molar-refractivity contribution is -0.146. The van der Waals surface area contributed by atoms with E-state index in [0.29, 0.717) is 18.7 Å². The molecule has 2 N–H and O–H groups in total. The van der Waals surface area contributed by atoms with Crippen molar-refractivity contribution in [3.05, 3.63) is 23.7 Å². The third-order valence-corrected chi connectivity index (χ3v) is 4.65. The first-order valence-corrected chi connectivity index (χ1v) is 7.48. The van der Waals surface area contributed by atoms with E-state index in [2.05, 4.69) is 10.3 Å². The minimum absolute atomic E-state index is 0.233. The average molecular weight is 305 g/mol. The second-order valence-electron chi connectivity index (χ2n) is 5.50. The molecule has 1 aromatic heterocycles. The van der Waals surface area contributed by atoms with E-state index in [1.165, 1.54) is 11.3 Å². The zero-order chi connectivity index (χ0) is 15.0. The fourth-order valence-corrected chi connectivity index (χ4v) is 3.16. The van der Waals surface area contributed by atoms with Gasteiger partial charge in [0.1, 0.15) is 0 Å². The number of carboxylic acid groups (broad SMARTS) is 1. The van der Waals surface area contributed by atoms with Crippen LogP contribution in [0.4, 0.5) is 10.5 Å². The van der Waals surface area contributed by atoms with Crippen LogP contribution < -0.4 is 5.32 Å². The number of hydrogen-bond acceptors (Lipinski definition) is 4. The molecule has 1 aromatic carbocycles. The quantitative estimate of drug-likeness (QED) is 0.893. The molecule has 7 heteroatoms. The molecule has 0 aliphatic carbocycles. The third-order valence-electron chi connectivity index (χ3n) is 3.86. The summed E-state index contributed by atoms with van der Waals surface area (Å²) in [6.45, 7) is 2.36. The maximum absolute atomic E-state index is 12.2. The molecule has 21 heavy (non-hydrogen) atoms. The molecule has 1 saturated heterocycles. The molecule has 1 aliphatic heterocycles. The zero-order valence-electron chi connectivity index (χ0n) is 11.5. The Hall–Kier alpha value is -2.15. The summed E-state index contributed by atoms with van der Waals surface area (Å²) in [7, 11) is 0. The van der Waals surface area contributed by atoms with Crippen LogP contribution in [0, 0.1) is 5.41 Å². The normalized spacial score (nSPS) is 21.7. The molecule has 0 saturated carbocycles.